The van der Waals surface area contributed by atoms with Crippen LogP contribution < -0.4 is 5.32 Å². The molecule has 11 nitrogen and oxygen atoms in total. The highest BCUT2D eigenvalue weighted by Gasteiger charge is 2.51. The van der Waals surface area contributed by atoms with Gasteiger partial charge in [0.05, 0.1) is 0 Å². The minimum absolute atomic E-state index is 0.0827. The molecule has 1 fully saturated rings. The molecule has 1 amide bonds. The average Bonchev–Trinajstić information content (AvgIpc) is 2.50. The van der Waals surface area contributed by atoms with Crippen LogP contribution in [0.1, 0.15) is 27.7 Å². The predicted molar refractivity (Wildman–Crippen MR) is 81.2 cm³/mol. The fraction of sp³-hybridized carbons (Fsp3) is 0.667. The fourth-order valence-electron chi connectivity index (χ4n) is 2.46. The third-order valence-corrected chi connectivity index (χ3v) is 3.26. The average molecular weight is 375 g/mol. The van der Waals surface area contributed by atoms with Gasteiger partial charge < -0.3 is 29.0 Å². The zero-order valence-corrected chi connectivity index (χ0v) is 14.8. The van der Waals surface area contributed by atoms with Gasteiger partial charge in [-0.25, -0.2) is 0 Å². The fourth-order valence-corrected chi connectivity index (χ4v) is 2.46. The van der Waals surface area contributed by atoms with E-state index in [1.807, 2.05) is 0 Å². The third kappa shape index (κ3) is 6.31. The van der Waals surface area contributed by atoms with Gasteiger partial charge in [0.15, 0.2) is 12.2 Å². The zero-order valence-electron chi connectivity index (χ0n) is 14.8. The van der Waals surface area contributed by atoms with Gasteiger partial charge in [-0.15, -0.1) is 0 Å². The van der Waals surface area contributed by atoms with Crippen molar-refractivity contribution < 1.29 is 47.7 Å². The van der Waals surface area contributed by atoms with Crippen molar-refractivity contribution in [3.63, 3.8) is 0 Å². The minimum Gasteiger partial charge on any atom is -0.463 e. The largest absolute Gasteiger partial charge is 0.463 e. The quantitative estimate of drug-likeness (QED) is 0.328. The Morgan fingerprint density at radius 2 is 1.54 bits per heavy atom. The molecule has 0 bridgehead atoms. The Bertz CT molecular complexity index is 563. The number of hydrogen-bond donors (Lipinski definition) is 1. The summed E-state index contributed by atoms with van der Waals surface area (Å²) < 4.78 is 25.5. The molecule has 1 rings (SSSR count). The molecule has 0 spiro atoms. The lowest BCUT2D eigenvalue weighted by molar-refractivity contribution is -0.267. The molecule has 0 aliphatic carbocycles. The molecule has 1 N–H and O–H groups in total. The van der Waals surface area contributed by atoms with Gasteiger partial charge >= 0.3 is 17.9 Å². The Labute approximate surface area is 149 Å². The highest BCUT2D eigenvalue weighted by atomic mass is 16.7. The maximum absolute atomic E-state index is 11.5. The first-order chi connectivity index (χ1) is 12.1. The molecule has 0 aromatic carbocycles. The molecule has 1 unspecified atom stereocenters. The van der Waals surface area contributed by atoms with Crippen LogP contribution in [-0.2, 0) is 47.7 Å². The third-order valence-electron chi connectivity index (χ3n) is 3.26. The van der Waals surface area contributed by atoms with Crippen molar-refractivity contribution in [1.82, 2.24) is 5.32 Å². The summed E-state index contributed by atoms with van der Waals surface area (Å²) in [5.41, 5.74) is 0. The Kier molecular flexibility index (Phi) is 7.97. The van der Waals surface area contributed by atoms with Gasteiger partial charge in [0.2, 0.25) is 12.2 Å². The smallest absolute Gasteiger partial charge is 0.303 e. The Balaban J connectivity index is 3.24. The first-order valence-electron chi connectivity index (χ1n) is 7.65. The molecule has 5 atom stereocenters. The Morgan fingerprint density at radius 1 is 0.962 bits per heavy atom. The molecule has 0 aromatic rings. The Hall–Kier alpha value is -2.69. The summed E-state index contributed by atoms with van der Waals surface area (Å²) in [6, 6.07) is -1.15. The van der Waals surface area contributed by atoms with Gasteiger partial charge in [0, 0.05) is 27.7 Å². The number of amides is 1. The number of carbonyl (C=O) groups is 5. The molecule has 1 aliphatic rings. The van der Waals surface area contributed by atoms with E-state index in [9.17, 15) is 24.0 Å². The minimum atomic E-state index is -1.37. The normalized spacial score (nSPS) is 27.6. The van der Waals surface area contributed by atoms with Crippen LogP contribution in [0, 0.1) is 0 Å². The topological polar surface area (TPSA) is 144 Å². The molecule has 0 radical (unpaired) electrons. The number of ether oxygens (including phenoxy) is 5. The van der Waals surface area contributed by atoms with E-state index in [-0.39, 0.29) is 13.1 Å². The standard InChI is InChI=1S/C15H21NO10/c1-7(18)16-12-14(25-10(4)21)13(24-9(3)20)11(5-22-8(2)19)26-15(12)23-6-17/h6,11-15H,5H2,1-4H3,(H,16,18)/t11-,12-,13-,14-,15?/m1/s1. The van der Waals surface area contributed by atoms with Crippen molar-refractivity contribution in [1.29, 1.82) is 0 Å². The molecule has 1 heterocycles. The Morgan fingerprint density at radius 3 is 2.00 bits per heavy atom. The van der Waals surface area contributed by atoms with Crippen LogP contribution in [0.5, 0.6) is 0 Å². The second-order valence-corrected chi connectivity index (χ2v) is 5.45. The van der Waals surface area contributed by atoms with Crippen molar-refractivity contribution >= 4 is 30.3 Å². The summed E-state index contributed by atoms with van der Waals surface area (Å²) in [4.78, 5) is 56.3. The second kappa shape index (κ2) is 9.70. The van der Waals surface area contributed by atoms with E-state index in [1.54, 1.807) is 0 Å². The van der Waals surface area contributed by atoms with E-state index >= 15 is 0 Å². The zero-order chi connectivity index (χ0) is 19.9. The van der Waals surface area contributed by atoms with Crippen molar-refractivity contribution in [3.05, 3.63) is 0 Å². The lowest BCUT2D eigenvalue weighted by atomic mass is 9.96. The summed E-state index contributed by atoms with van der Waals surface area (Å²) >= 11 is 0. The maximum atomic E-state index is 11.5. The van der Waals surface area contributed by atoms with Gasteiger partial charge in [-0.3, -0.25) is 24.0 Å². The summed E-state index contributed by atoms with van der Waals surface area (Å²) in [6.45, 7) is 4.30. The summed E-state index contributed by atoms with van der Waals surface area (Å²) in [5, 5.41) is 2.44. The van der Waals surface area contributed by atoms with E-state index in [4.69, 9.17) is 23.7 Å². The number of esters is 3. The molecule has 0 saturated carbocycles. The summed E-state index contributed by atoms with van der Waals surface area (Å²) in [6.07, 6.45) is -4.95. The molecular weight excluding hydrogens is 354 g/mol. The maximum Gasteiger partial charge on any atom is 0.303 e. The van der Waals surface area contributed by atoms with E-state index < -0.39 is 54.5 Å². The van der Waals surface area contributed by atoms with Crippen LogP contribution in [-0.4, -0.2) is 67.5 Å². The van der Waals surface area contributed by atoms with Gasteiger partial charge in [-0.05, 0) is 0 Å². The van der Waals surface area contributed by atoms with Gasteiger partial charge in [-0.2, -0.15) is 0 Å². The van der Waals surface area contributed by atoms with Gasteiger partial charge in [-0.1, -0.05) is 0 Å². The molecule has 1 aliphatic heterocycles. The monoisotopic (exact) mass is 375 g/mol. The molecule has 11 heteroatoms. The van der Waals surface area contributed by atoms with Crippen LogP contribution in [0.3, 0.4) is 0 Å². The van der Waals surface area contributed by atoms with Crippen LogP contribution in [0.4, 0.5) is 0 Å². The molecule has 26 heavy (non-hydrogen) atoms. The molecule has 1 saturated heterocycles. The number of carbonyl (C=O) groups excluding carboxylic acids is 5. The highest BCUT2D eigenvalue weighted by molar-refractivity contribution is 5.73. The van der Waals surface area contributed by atoms with E-state index in [1.165, 1.54) is 6.92 Å². The highest BCUT2D eigenvalue weighted by Crippen LogP contribution is 2.27. The van der Waals surface area contributed by atoms with Gasteiger partial charge in [0.1, 0.15) is 18.8 Å². The van der Waals surface area contributed by atoms with Gasteiger partial charge in [0.25, 0.3) is 6.47 Å². The van der Waals surface area contributed by atoms with E-state index in [0.717, 1.165) is 20.8 Å². The van der Waals surface area contributed by atoms with Crippen molar-refractivity contribution in [3.8, 4) is 0 Å². The lowest BCUT2D eigenvalue weighted by Gasteiger charge is -2.44. The summed E-state index contributed by atoms with van der Waals surface area (Å²) in [7, 11) is 0. The number of hydrogen-bond acceptors (Lipinski definition) is 10. The SMILES string of the molecule is CC(=O)N[C@H]1C(OC=O)O[C@H](COC(C)=O)[C@@H](OC(C)=O)[C@@H]1OC(C)=O. The van der Waals surface area contributed by atoms with Crippen molar-refractivity contribution in [2.45, 2.75) is 58.3 Å². The van der Waals surface area contributed by atoms with E-state index in [0.29, 0.717) is 0 Å². The van der Waals surface area contributed by atoms with Crippen LogP contribution >= 0.6 is 0 Å². The molecular formula is C15H21NO10. The number of rotatable bonds is 7. The molecule has 0 aromatic heterocycles. The lowest BCUT2D eigenvalue weighted by Crippen LogP contribution is -2.66. The predicted octanol–water partition coefficient (Wildman–Crippen LogP) is -1.18. The van der Waals surface area contributed by atoms with Crippen LogP contribution in [0.2, 0.25) is 0 Å². The first kappa shape index (κ1) is 21.4. The van der Waals surface area contributed by atoms with E-state index in [2.05, 4.69) is 5.32 Å². The van der Waals surface area contributed by atoms with Crippen molar-refractivity contribution in [2.75, 3.05) is 6.61 Å². The summed E-state index contributed by atoms with van der Waals surface area (Å²) in [5.74, 6) is -2.62. The number of nitrogens with one attached hydrogen (secondary N) is 1. The van der Waals surface area contributed by atoms with Crippen LogP contribution in [0.25, 0.3) is 0 Å². The van der Waals surface area contributed by atoms with Crippen molar-refractivity contribution in [2.24, 2.45) is 0 Å². The van der Waals surface area contributed by atoms with Crippen LogP contribution in [0.15, 0.2) is 0 Å². The molecule has 146 valence electrons. The second-order valence-electron chi connectivity index (χ2n) is 5.45. The first-order valence-corrected chi connectivity index (χ1v) is 7.65.